The second kappa shape index (κ2) is 9.60. The van der Waals surface area contributed by atoms with E-state index >= 15 is 0 Å². The number of anilines is 1. The molecule has 36 heavy (non-hydrogen) atoms. The molecule has 1 saturated carbocycles. The molecule has 186 valence electrons. The molecule has 1 aromatic carbocycles. The largest absolute Gasteiger partial charge is 0.384 e. The standard InChI is InChI=1S/C26H26N6O2.C2H6/c27-22-14-20(12-16-8-10-26(11-9-16)24(33)30-25(34)31-26)29-23-21(15-28-32(22)23)19-7-3-6-17-4-1-2-5-18(17)13-19;1-2/h1-5,7,13-16H,6,8-12,27H2,(H2,30,31,33,34);1-2H3. The lowest BCUT2D eigenvalue weighted by Gasteiger charge is -2.34. The van der Waals surface area contributed by atoms with Crippen LogP contribution in [0, 0.1) is 5.92 Å². The van der Waals surface area contributed by atoms with Gasteiger partial charge < -0.3 is 11.1 Å². The van der Waals surface area contributed by atoms with Gasteiger partial charge in [-0.2, -0.15) is 9.61 Å². The molecule has 0 radical (unpaired) electrons. The van der Waals surface area contributed by atoms with Crippen molar-refractivity contribution < 1.29 is 9.59 Å². The fourth-order valence-electron chi connectivity index (χ4n) is 5.45. The van der Waals surface area contributed by atoms with E-state index in [0.717, 1.165) is 48.2 Å². The van der Waals surface area contributed by atoms with E-state index in [2.05, 4.69) is 58.2 Å². The highest BCUT2D eigenvalue weighted by molar-refractivity contribution is 6.07. The average Bonchev–Trinajstić information content (AvgIpc) is 3.34. The molecule has 0 bridgehead atoms. The number of hydrogen-bond acceptors (Lipinski definition) is 5. The Morgan fingerprint density at radius 2 is 1.94 bits per heavy atom. The van der Waals surface area contributed by atoms with Crippen molar-refractivity contribution >= 4 is 35.1 Å². The molecule has 2 aromatic heterocycles. The Kier molecular flexibility index (Phi) is 6.35. The Hall–Kier alpha value is -3.94. The van der Waals surface area contributed by atoms with Crippen molar-refractivity contribution in [3.63, 3.8) is 0 Å². The second-order valence-electron chi connectivity index (χ2n) is 9.51. The van der Waals surface area contributed by atoms with E-state index in [4.69, 9.17) is 10.7 Å². The first-order chi connectivity index (χ1) is 17.5. The lowest BCUT2D eigenvalue weighted by molar-refractivity contribution is -0.125. The normalized spacial score (nSPS) is 22.8. The Morgan fingerprint density at radius 3 is 2.69 bits per heavy atom. The maximum Gasteiger partial charge on any atom is 0.322 e. The topological polar surface area (TPSA) is 114 Å². The van der Waals surface area contributed by atoms with Gasteiger partial charge in [0.25, 0.3) is 5.91 Å². The number of aromatic nitrogens is 3. The van der Waals surface area contributed by atoms with Crippen LogP contribution in [0.3, 0.4) is 0 Å². The van der Waals surface area contributed by atoms with Crippen LogP contribution in [0.25, 0.3) is 17.3 Å². The maximum absolute atomic E-state index is 12.2. The highest BCUT2D eigenvalue weighted by atomic mass is 16.2. The molecule has 0 unspecified atom stereocenters. The van der Waals surface area contributed by atoms with Crippen LogP contribution in [-0.4, -0.2) is 32.1 Å². The molecule has 3 aliphatic rings. The minimum atomic E-state index is -0.739. The van der Waals surface area contributed by atoms with E-state index in [0.29, 0.717) is 24.6 Å². The smallest absolute Gasteiger partial charge is 0.322 e. The molecule has 3 aromatic rings. The number of benzene rings is 1. The minimum Gasteiger partial charge on any atom is -0.384 e. The number of carbonyl (C=O) groups is 2. The van der Waals surface area contributed by atoms with Crippen LogP contribution in [0.4, 0.5) is 10.6 Å². The summed E-state index contributed by atoms with van der Waals surface area (Å²) in [6.07, 6.45) is 12.9. The zero-order valence-electron chi connectivity index (χ0n) is 20.8. The summed E-state index contributed by atoms with van der Waals surface area (Å²) in [5, 5.41) is 9.71. The lowest BCUT2D eigenvalue weighted by Crippen LogP contribution is -2.49. The molecule has 1 spiro atoms. The third kappa shape index (κ3) is 4.27. The van der Waals surface area contributed by atoms with Gasteiger partial charge in [-0.15, -0.1) is 0 Å². The van der Waals surface area contributed by atoms with Crippen molar-refractivity contribution in [1.82, 2.24) is 25.2 Å². The van der Waals surface area contributed by atoms with E-state index in [1.165, 1.54) is 11.1 Å². The molecular weight excluding hydrogens is 452 g/mol. The van der Waals surface area contributed by atoms with E-state index in [1.807, 2.05) is 26.1 Å². The average molecular weight is 485 g/mol. The third-order valence-corrected chi connectivity index (χ3v) is 7.34. The third-order valence-electron chi connectivity index (χ3n) is 7.34. The Morgan fingerprint density at radius 1 is 1.17 bits per heavy atom. The van der Waals surface area contributed by atoms with Crippen LogP contribution in [0.5, 0.6) is 0 Å². The molecule has 8 heteroatoms. The predicted molar refractivity (Wildman–Crippen MR) is 141 cm³/mol. The number of hydrogen-bond donors (Lipinski definition) is 3. The van der Waals surface area contributed by atoms with Crippen LogP contribution in [0.1, 0.15) is 61.9 Å². The van der Waals surface area contributed by atoms with Gasteiger partial charge in [0.1, 0.15) is 11.4 Å². The number of amides is 3. The van der Waals surface area contributed by atoms with Crippen molar-refractivity contribution in [1.29, 1.82) is 0 Å². The summed E-state index contributed by atoms with van der Waals surface area (Å²) in [4.78, 5) is 28.8. The van der Waals surface area contributed by atoms with Crippen molar-refractivity contribution in [2.24, 2.45) is 5.92 Å². The molecule has 8 nitrogen and oxygen atoms in total. The van der Waals surface area contributed by atoms with Gasteiger partial charge >= 0.3 is 6.03 Å². The van der Waals surface area contributed by atoms with Gasteiger partial charge in [0.05, 0.1) is 6.20 Å². The zero-order chi connectivity index (χ0) is 25.3. The van der Waals surface area contributed by atoms with Gasteiger partial charge in [0, 0.05) is 17.3 Å². The number of imide groups is 1. The number of nitrogens with zero attached hydrogens (tertiary/aromatic N) is 3. The van der Waals surface area contributed by atoms with Crippen molar-refractivity contribution in [2.75, 3.05) is 5.73 Å². The summed E-state index contributed by atoms with van der Waals surface area (Å²) in [6, 6.07) is 9.90. The lowest BCUT2D eigenvalue weighted by atomic mass is 9.75. The fourth-order valence-corrected chi connectivity index (χ4v) is 5.45. The second-order valence-corrected chi connectivity index (χ2v) is 9.51. The van der Waals surface area contributed by atoms with E-state index < -0.39 is 5.54 Å². The summed E-state index contributed by atoms with van der Waals surface area (Å²) < 4.78 is 1.69. The molecule has 1 saturated heterocycles. The summed E-state index contributed by atoms with van der Waals surface area (Å²) >= 11 is 0. The molecule has 2 fully saturated rings. The van der Waals surface area contributed by atoms with E-state index in [1.54, 1.807) is 4.52 Å². The van der Waals surface area contributed by atoms with Crippen LogP contribution in [-0.2, 0) is 17.6 Å². The van der Waals surface area contributed by atoms with Gasteiger partial charge in [0.2, 0.25) is 0 Å². The number of allylic oxidation sites excluding steroid dienone is 3. The van der Waals surface area contributed by atoms with Gasteiger partial charge in [0.15, 0.2) is 5.65 Å². The Bertz CT molecular complexity index is 1380. The molecule has 4 N–H and O–H groups in total. The van der Waals surface area contributed by atoms with Crippen LogP contribution in [0.15, 0.2) is 48.7 Å². The first kappa shape index (κ1) is 23.8. The summed E-state index contributed by atoms with van der Waals surface area (Å²) in [6.45, 7) is 4.00. The van der Waals surface area contributed by atoms with Gasteiger partial charge in [-0.3, -0.25) is 10.1 Å². The highest BCUT2D eigenvalue weighted by Gasteiger charge is 2.47. The van der Waals surface area contributed by atoms with Gasteiger partial charge in [-0.1, -0.05) is 50.3 Å². The van der Waals surface area contributed by atoms with Gasteiger partial charge in [-0.05, 0) is 67.2 Å². The van der Waals surface area contributed by atoms with Gasteiger partial charge in [-0.25, -0.2) is 9.78 Å². The molecular formula is C28H32N6O2. The molecule has 0 atom stereocenters. The Labute approximate surface area is 210 Å². The van der Waals surface area contributed by atoms with Crippen LogP contribution in [0.2, 0.25) is 0 Å². The number of nitrogen functional groups attached to an aromatic ring is 1. The molecule has 6 rings (SSSR count). The van der Waals surface area contributed by atoms with E-state index in [-0.39, 0.29) is 11.9 Å². The first-order valence-corrected chi connectivity index (χ1v) is 12.7. The first-order valence-electron chi connectivity index (χ1n) is 12.7. The molecule has 1 aliphatic heterocycles. The summed E-state index contributed by atoms with van der Waals surface area (Å²) in [7, 11) is 0. The summed E-state index contributed by atoms with van der Waals surface area (Å²) in [5.41, 5.74) is 11.8. The van der Waals surface area contributed by atoms with Crippen molar-refractivity contribution in [3.8, 4) is 0 Å². The number of nitrogens with two attached hydrogens (primary N) is 1. The number of urea groups is 1. The maximum atomic E-state index is 12.2. The number of rotatable bonds is 3. The number of fused-ring (bicyclic) bond motifs is 2. The fraction of sp³-hybridized carbons (Fsp3) is 0.357. The predicted octanol–water partition coefficient (Wildman–Crippen LogP) is 4.30. The number of carbonyl (C=O) groups excluding carboxylic acids is 2. The quantitative estimate of drug-likeness (QED) is 0.480. The molecule has 3 amide bonds. The number of nitrogens with one attached hydrogen (secondary N) is 2. The monoisotopic (exact) mass is 484 g/mol. The van der Waals surface area contributed by atoms with Crippen LogP contribution >= 0.6 is 0 Å². The minimum absolute atomic E-state index is 0.199. The zero-order valence-corrected chi connectivity index (χ0v) is 20.8. The van der Waals surface area contributed by atoms with Crippen molar-refractivity contribution in [3.05, 3.63) is 71.1 Å². The van der Waals surface area contributed by atoms with E-state index in [9.17, 15) is 9.59 Å². The summed E-state index contributed by atoms with van der Waals surface area (Å²) in [5.74, 6) is 0.732. The molecule has 2 aliphatic carbocycles. The van der Waals surface area contributed by atoms with Crippen LogP contribution < -0.4 is 16.4 Å². The molecule has 3 heterocycles. The van der Waals surface area contributed by atoms with Crippen molar-refractivity contribution in [2.45, 2.75) is 57.9 Å². The highest BCUT2D eigenvalue weighted by Crippen LogP contribution is 2.36. The SMILES string of the molecule is CC.Nc1cc(CC2CCC3(CC2)NC(=O)NC3=O)nc2c(C3=Cc4ccccc4CC=C3)cnn12. The Balaban J connectivity index is 0.00000130.